The predicted octanol–water partition coefficient (Wildman–Crippen LogP) is 2.06. The molecule has 0 spiro atoms. The lowest BCUT2D eigenvalue weighted by molar-refractivity contribution is 0.102. The number of piperidine rings is 1. The summed E-state index contributed by atoms with van der Waals surface area (Å²) in [5, 5.41) is 21.9. The number of carbonyl (C=O) groups is 1. The number of carbonyl (C=O) groups excluding carboxylic acids is 1. The first-order valence-electron chi connectivity index (χ1n) is 8.43. The number of nitrogens with one attached hydrogen (secondary N) is 2. The maximum Gasteiger partial charge on any atom is 0.273 e. The van der Waals surface area contributed by atoms with Gasteiger partial charge >= 0.3 is 0 Å². The first-order chi connectivity index (χ1) is 12.1. The van der Waals surface area contributed by atoms with E-state index in [-0.39, 0.29) is 12.0 Å². The molecule has 2 heterocycles. The molecule has 0 atom stereocenters. The van der Waals surface area contributed by atoms with E-state index in [0.29, 0.717) is 29.8 Å². The summed E-state index contributed by atoms with van der Waals surface area (Å²) in [4.78, 5) is 21.4. The van der Waals surface area contributed by atoms with Gasteiger partial charge in [0.2, 0.25) is 0 Å². The Hall–Kier alpha value is -2.85. The van der Waals surface area contributed by atoms with Crippen molar-refractivity contribution in [3.8, 4) is 6.07 Å². The fourth-order valence-electron chi connectivity index (χ4n) is 2.94. The lowest BCUT2D eigenvalue weighted by atomic mass is 10.0. The Bertz CT molecular complexity index is 800. The number of hydrogen-bond acceptors (Lipinski definition) is 5. The molecule has 1 aromatic heterocycles. The van der Waals surface area contributed by atoms with Gasteiger partial charge in [-0.3, -0.25) is 4.79 Å². The molecule has 3 rings (SSSR count). The van der Waals surface area contributed by atoms with Crippen molar-refractivity contribution in [3.05, 3.63) is 41.5 Å². The van der Waals surface area contributed by atoms with Crippen molar-refractivity contribution in [2.75, 3.05) is 23.3 Å². The largest absolute Gasteiger partial charge is 0.393 e. The topological polar surface area (TPSA) is 105 Å². The maximum atomic E-state index is 12.3. The molecule has 1 fully saturated rings. The van der Waals surface area contributed by atoms with Gasteiger partial charge in [-0.05, 0) is 31.0 Å². The highest BCUT2D eigenvalue weighted by Crippen LogP contribution is 2.26. The highest BCUT2D eigenvalue weighted by atomic mass is 16.3. The van der Waals surface area contributed by atoms with Gasteiger partial charge in [-0.25, -0.2) is 4.98 Å². The van der Waals surface area contributed by atoms with Gasteiger partial charge in [0.1, 0.15) is 17.6 Å². The fourth-order valence-corrected chi connectivity index (χ4v) is 2.94. The zero-order chi connectivity index (χ0) is 17.8. The van der Waals surface area contributed by atoms with Crippen molar-refractivity contribution in [2.45, 2.75) is 32.3 Å². The summed E-state index contributed by atoms with van der Waals surface area (Å²) < 4.78 is 0. The molecule has 130 valence electrons. The zero-order valence-electron chi connectivity index (χ0n) is 14.1. The number of anilines is 2. The molecular weight excluding hydrogens is 318 g/mol. The third-order valence-corrected chi connectivity index (χ3v) is 4.39. The summed E-state index contributed by atoms with van der Waals surface area (Å²) in [7, 11) is 0. The molecule has 0 aliphatic carbocycles. The van der Waals surface area contributed by atoms with Gasteiger partial charge in [-0.15, -0.1) is 0 Å². The minimum atomic E-state index is -0.287. The van der Waals surface area contributed by atoms with Crippen LogP contribution in [0.1, 0.15) is 41.6 Å². The molecule has 0 radical (unpaired) electrons. The number of aliphatic hydroxyl groups is 1. The van der Waals surface area contributed by atoms with E-state index in [1.165, 1.54) is 6.20 Å². The number of nitriles is 1. The van der Waals surface area contributed by atoms with Crippen molar-refractivity contribution in [1.29, 1.82) is 5.26 Å². The average molecular weight is 339 g/mol. The van der Waals surface area contributed by atoms with Gasteiger partial charge in [0.25, 0.3) is 5.91 Å². The fraction of sp³-hybridized carbons (Fsp3) is 0.389. The van der Waals surface area contributed by atoms with Crippen molar-refractivity contribution in [1.82, 2.24) is 9.97 Å². The summed E-state index contributed by atoms with van der Waals surface area (Å²) in [5.41, 5.74) is 2.30. The average Bonchev–Trinajstić information content (AvgIpc) is 3.12. The molecule has 1 saturated heterocycles. The molecule has 1 aliphatic heterocycles. The van der Waals surface area contributed by atoms with Crippen molar-refractivity contribution < 1.29 is 9.90 Å². The minimum absolute atomic E-state index is 0.261. The van der Waals surface area contributed by atoms with Crippen LogP contribution in [0, 0.1) is 11.3 Å². The van der Waals surface area contributed by atoms with E-state index < -0.39 is 0 Å². The molecule has 1 aliphatic rings. The van der Waals surface area contributed by atoms with Crippen LogP contribution >= 0.6 is 0 Å². The SMILES string of the molecule is CCc1ncc(C(=O)Nc2ccc(N3CCC(O)CC3)c(C#N)c2)[nH]1. The van der Waals surface area contributed by atoms with E-state index in [1.807, 2.05) is 13.0 Å². The van der Waals surface area contributed by atoms with Crippen LogP contribution in [0.15, 0.2) is 24.4 Å². The predicted molar refractivity (Wildman–Crippen MR) is 94.5 cm³/mol. The van der Waals surface area contributed by atoms with E-state index in [1.54, 1.807) is 12.1 Å². The normalized spacial score (nSPS) is 15.0. The van der Waals surface area contributed by atoms with Gasteiger partial charge in [-0.2, -0.15) is 5.26 Å². The minimum Gasteiger partial charge on any atom is -0.393 e. The van der Waals surface area contributed by atoms with Crippen LogP contribution in [0.3, 0.4) is 0 Å². The number of imidazole rings is 1. The van der Waals surface area contributed by atoms with Crippen LogP contribution in [0.5, 0.6) is 0 Å². The summed E-state index contributed by atoms with van der Waals surface area (Å²) in [5.74, 6) is 0.468. The Balaban J connectivity index is 1.75. The number of amides is 1. The van der Waals surface area contributed by atoms with Crippen molar-refractivity contribution >= 4 is 17.3 Å². The van der Waals surface area contributed by atoms with E-state index in [9.17, 15) is 15.2 Å². The monoisotopic (exact) mass is 339 g/mol. The molecule has 25 heavy (non-hydrogen) atoms. The molecule has 7 nitrogen and oxygen atoms in total. The van der Waals surface area contributed by atoms with Crippen LogP contribution in [0.2, 0.25) is 0 Å². The summed E-state index contributed by atoms with van der Waals surface area (Å²) in [6, 6.07) is 7.50. The second-order valence-corrected chi connectivity index (χ2v) is 6.11. The third kappa shape index (κ3) is 3.80. The number of hydrogen-bond donors (Lipinski definition) is 3. The van der Waals surface area contributed by atoms with Crippen LogP contribution in [0.25, 0.3) is 0 Å². The number of aromatic amines is 1. The molecule has 2 aromatic rings. The number of H-pyrrole nitrogens is 1. The first-order valence-corrected chi connectivity index (χ1v) is 8.43. The molecule has 3 N–H and O–H groups in total. The number of aliphatic hydroxyl groups excluding tert-OH is 1. The van der Waals surface area contributed by atoms with Gasteiger partial charge in [0.15, 0.2) is 0 Å². The Labute approximate surface area is 146 Å². The Morgan fingerprint density at radius 2 is 2.24 bits per heavy atom. The van der Waals surface area contributed by atoms with Crippen LogP contribution in [-0.4, -0.2) is 40.2 Å². The number of benzene rings is 1. The molecule has 1 aromatic carbocycles. The van der Waals surface area contributed by atoms with E-state index in [0.717, 1.165) is 31.0 Å². The van der Waals surface area contributed by atoms with Crippen LogP contribution in [-0.2, 0) is 6.42 Å². The smallest absolute Gasteiger partial charge is 0.273 e. The highest BCUT2D eigenvalue weighted by molar-refractivity contribution is 6.03. The zero-order valence-corrected chi connectivity index (χ0v) is 14.1. The lowest BCUT2D eigenvalue weighted by Crippen LogP contribution is -2.36. The standard InChI is InChI=1S/C18H21N5O2/c1-2-17-20-11-15(22-17)18(25)21-13-3-4-16(12(9-13)10-19)23-7-5-14(24)6-8-23/h3-4,9,11,14,24H,2,5-8H2,1H3,(H,20,22)(H,21,25). The lowest BCUT2D eigenvalue weighted by Gasteiger charge is -2.32. The van der Waals surface area contributed by atoms with Crippen molar-refractivity contribution in [3.63, 3.8) is 0 Å². The summed E-state index contributed by atoms with van der Waals surface area (Å²) in [6.45, 7) is 3.39. The van der Waals surface area contributed by atoms with Gasteiger partial charge in [-0.1, -0.05) is 6.92 Å². The highest BCUT2D eigenvalue weighted by Gasteiger charge is 2.20. The molecule has 0 bridgehead atoms. The quantitative estimate of drug-likeness (QED) is 0.791. The second-order valence-electron chi connectivity index (χ2n) is 6.11. The van der Waals surface area contributed by atoms with Crippen molar-refractivity contribution in [2.24, 2.45) is 0 Å². The van der Waals surface area contributed by atoms with E-state index in [4.69, 9.17) is 0 Å². The van der Waals surface area contributed by atoms with Gasteiger partial charge in [0.05, 0.1) is 23.6 Å². The first kappa shape index (κ1) is 17.0. The van der Waals surface area contributed by atoms with Crippen LogP contribution < -0.4 is 10.2 Å². The van der Waals surface area contributed by atoms with Crippen LogP contribution in [0.4, 0.5) is 11.4 Å². The molecule has 0 unspecified atom stereocenters. The summed E-state index contributed by atoms with van der Waals surface area (Å²) >= 11 is 0. The Kier molecular flexibility index (Phi) is 5.00. The van der Waals surface area contributed by atoms with Gasteiger partial charge in [0, 0.05) is 25.2 Å². The number of aryl methyl sites for hydroxylation is 1. The molecule has 1 amide bonds. The van der Waals surface area contributed by atoms with E-state index in [2.05, 4.69) is 26.3 Å². The Morgan fingerprint density at radius 1 is 1.48 bits per heavy atom. The van der Waals surface area contributed by atoms with Gasteiger partial charge < -0.3 is 20.3 Å². The number of rotatable bonds is 4. The third-order valence-electron chi connectivity index (χ3n) is 4.39. The molecule has 0 saturated carbocycles. The molecule has 7 heteroatoms. The Morgan fingerprint density at radius 3 is 2.88 bits per heavy atom. The summed E-state index contributed by atoms with van der Waals surface area (Å²) in [6.07, 6.45) is 3.37. The van der Waals surface area contributed by atoms with E-state index >= 15 is 0 Å². The second kappa shape index (κ2) is 7.36. The molecular formula is C18H21N5O2. The number of aromatic nitrogens is 2. The maximum absolute atomic E-state index is 12.3. The number of nitrogens with zero attached hydrogens (tertiary/aromatic N) is 3.